The van der Waals surface area contributed by atoms with Gasteiger partial charge < -0.3 is 4.74 Å². The van der Waals surface area contributed by atoms with Crippen LogP contribution >= 0.6 is 11.8 Å². The number of nitrogen functional groups attached to an aromatic ring is 1. The molecule has 0 saturated carbocycles. The highest BCUT2D eigenvalue weighted by Gasteiger charge is 2.23. The Morgan fingerprint density at radius 1 is 1.14 bits per heavy atom. The zero-order valence-corrected chi connectivity index (χ0v) is 16.9. The van der Waals surface area contributed by atoms with Crippen LogP contribution in [0.5, 0.6) is 5.75 Å². The number of nitrogens with one attached hydrogen (secondary N) is 1. The first-order valence-electron chi connectivity index (χ1n) is 9.12. The summed E-state index contributed by atoms with van der Waals surface area (Å²) < 4.78 is 5.05. The fraction of sp³-hybridized carbons (Fsp3) is 0.333. The van der Waals surface area contributed by atoms with E-state index in [0.29, 0.717) is 27.5 Å². The molecule has 0 bridgehead atoms. The van der Waals surface area contributed by atoms with Crippen molar-refractivity contribution in [3.05, 3.63) is 35.4 Å². The fourth-order valence-electron chi connectivity index (χ4n) is 2.80. The predicted octanol–water partition coefficient (Wildman–Crippen LogP) is 4.09. The van der Waals surface area contributed by atoms with Crippen LogP contribution in [0.15, 0.2) is 29.3 Å². The van der Waals surface area contributed by atoms with Crippen molar-refractivity contribution in [1.82, 2.24) is 0 Å². The molecule has 0 spiro atoms. The molecule has 0 atom stereocenters. The summed E-state index contributed by atoms with van der Waals surface area (Å²) >= 11 is 1.54. The summed E-state index contributed by atoms with van der Waals surface area (Å²) in [5.41, 5.74) is 7.85. The molecule has 0 saturated heterocycles. The fourth-order valence-corrected chi connectivity index (χ4v) is 3.83. The monoisotopic (exact) mass is 395 g/mol. The smallest absolute Gasteiger partial charge is 0.308 e. The second kappa shape index (κ2) is 10.3. The van der Waals surface area contributed by atoms with Crippen molar-refractivity contribution >= 4 is 23.5 Å². The number of aromatic amines is 1. The van der Waals surface area contributed by atoms with Crippen LogP contribution in [-0.4, -0.2) is 11.7 Å². The molecule has 0 aliphatic heterocycles. The number of H-pyrrole nitrogens is 1. The van der Waals surface area contributed by atoms with Gasteiger partial charge in [-0.1, -0.05) is 50.1 Å². The summed E-state index contributed by atoms with van der Waals surface area (Å²) in [4.78, 5) is 14.1. The SMILES string of the molecule is CCCCCCSc1[nH+]c(N)c(C#N)c(-c2ccc(OC(C)=O)cc2)c1C#N. The van der Waals surface area contributed by atoms with E-state index in [0.717, 1.165) is 25.0 Å². The number of nitriles is 2. The molecule has 6 nitrogen and oxygen atoms in total. The third-order valence-electron chi connectivity index (χ3n) is 4.12. The molecule has 1 heterocycles. The summed E-state index contributed by atoms with van der Waals surface area (Å²) in [5, 5.41) is 20.0. The highest BCUT2D eigenvalue weighted by molar-refractivity contribution is 7.99. The zero-order valence-electron chi connectivity index (χ0n) is 16.0. The number of anilines is 1. The van der Waals surface area contributed by atoms with E-state index in [9.17, 15) is 15.3 Å². The topological polar surface area (TPSA) is 114 Å². The van der Waals surface area contributed by atoms with Gasteiger partial charge in [0.15, 0.2) is 5.03 Å². The Kier molecular flexibility index (Phi) is 7.86. The van der Waals surface area contributed by atoms with Crippen LogP contribution in [-0.2, 0) is 4.79 Å². The second-order valence-electron chi connectivity index (χ2n) is 6.24. The number of esters is 1. The van der Waals surface area contributed by atoms with Gasteiger partial charge in [-0.25, -0.2) is 4.98 Å². The van der Waals surface area contributed by atoms with Crippen molar-refractivity contribution in [1.29, 1.82) is 10.5 Å². The molecule has 1 aromatic carbocycles. The summed E-state index contributed by atoms with van der Waals surface area (Å²) in [5.74, 6) is 1.08. The minimum atomic E-state index is -0.413. The molecule has 0 aliphatic rings. The molecule has 2 aromatic rings. The van der Waals surface area contributed by atoms with Gasteiger partial charge in [0.25, 0.3) is 5.82 Å². The first-order chi connectivity index (χ1) is 13.5. The number of carbonyl (C=O) groups excluding carboxylic acids is 1. The van der Waals surface area contributed by atoms with E-state index in [1.807, 2.05) is 0 Å². The van der Waals surface area contributed by atoms with Gasteiger partial charge in [0, 0.05) is 18.2 Å². The Labute approximate surface area is 169 Å². The molecule has 1 aromatic heterocycles. The highest BCUT2D eigenvalue weighted by Crippen LogP contribution is 2.34. The molecule has 0 aliphatic carbocycles. The van der Waals surface area contributed by atoms with Crippen molar-refractivity contribution in [2.75, 3.05) is 11.5 Å². The first-order valence-corrected chi connectivity index (χ1v) is 10.1. The van der Waals surface area contributed by atoms with Gasteiger partial charge in [-0.2, -0.15) is 10.5 Å². The quantitative estimate of drug-likeness (QED) is 0.312. The van der Waals surface area contributed by atoms with Crippen LogP contribution in [0.4, 0.5) is 5.82 Å². The van der Waals surface area contributed by atoms with Gasteiger partial charge in [-0.3, -0.25) is 10.5 Å². The summed E-state index contributed by atoms with van der Waals surface area (Å²) in [6.45, 7) is 3.49. The molecule has 0 amide bonds. The molecule has 0 fully saturated rings. The van der Waals surface area contributed by atoms with E-state index < -0.39 is 5.97 Å². The molecule has 0 unspecified atom stereocenters. The molecule has 2 rings (SSSR count). The number of benzene rings is 1. The van der Waals surface area contributed by atoms with Gasteiger partial charge in [-0.15, -0.1) is 0 Å². The Balaban J connectivity index is 2.42. The van der Waals surface area contributed by atoms with Crippen LogP contribution in [0, 0.1) is 22.7 Å². The maximum absolute atomic E-state index is 11.1. The van der Waals surface area contributed by atoms with E-state index in [2.05, 4.69) is 24.0 Å². The Bertz CT molecular complexity index is 927. The third kappa shape index (κ3) is 5.25. The Morgan fingerprint density at radius 2 is 1.82 bits per heavy atom. The molecule has 3 N–H and O–H groups in total. The molecule has 7 heteroatoms. The van der Waals surface area contributed by atoms with Crippen LogP contribution in [0.2, 0.25) is 0 Å². The number of nitrogens with two attached hydrogens (primary N) is 1. The standard InChI is InChI=1S/C21H22N4O2S/c1-3-4-5-6-11-28-21-18(13-23)19(17(12-22)20(24)25-21)15-7-9-16(10-8-15)27-14(2)26/h7-10H,3-6,11H2,1-2H3,(H2,24,25)/p+1. The number of carbonyl (C=O) groups is 1. The third-order valence-corrected chi connectivity index (χ3v) is 5.20. The van der Waals surface area contributed by atoms with Gasteiger partial charge in [0.1, 0.15) is 29.0 Å². The van der Waals surface area contributed by atoms with E-state index in [1.165, 1.54) is 25.1 Å². The van der Waals surface area contributed by atoms with E-state index in [-0.39, 0.29) is 11.4 Å². The van der Waals surface area contributed by atoms with Gasteiger partial charge in [0.2, 0.25) is 0 Å². The van der Waals surface area contributed by atoms with Gasteiger partial charge in [0.05, 0.1) is 0 Å². The van der Waals surface area contributed by atoms with Crippen molar-refractivity contribution in [2.24, 2.45) is 0 Å². The minimum absolute atomic E-state index is 0.229. The number of hydrogen-bond acceptors (Lipinski definition) is 6. The number of unbranched alkanes of at least 4 members (excludes halogenated alkanes) is 3. The first kappa shape index (κ1) is 21.3. The number of nitrogens with zero attached hydrogens (tertiary/aromatic N) is 2. The maximum Gasteiger partial charge on any atom is 0.308 e. The molecule has 144 valence electrons. The highest BCUT2D eigenvalue weighted by atomic mass is 32.2. The lowest BCUT2D eigenvalue weighted by Gasteiger charge is -2.11. The van der Waals surface area contributed by atoms with Crippen LogP contribution < -0.4 is 15.5 Å². The van der Waals surface area contributed by atoms with Crippen LogP contribution in [0.25, 0.3) is 11.1 Å². The van der Waals surface area contributed by atoms with Crippen molar-refractivity contribution in [2.45, 2.75) is 44.6 Å². The molecular weight excluding hydrogens is 372 g/mol. The lowest BCUT2D eigenvalue weighted by molar-refractivity contribution is -0.410. The van der Waals surface area contributed by atoms with E-state index >= 15 is 0 Å². The number of rotatable bonds is 8. The zero-order chi connectivity index (χ0) is 20.5. The number of thioether (sulfide) groups is 1. The average molecular weight is 396 g/mol. The number of hydrogen-bond donors (Lipinski definition) is 1. The normalized spacial score (nSPS) is 10.1. The number of ether oxygens (including phenoxy) is 1. The van der Waals surface area contributed by atoms with Crippen LogP contribution in [0.1, 0.15) is 50.7 Å². The summed E-state index contributed by atoms with van der Waals surface area (Å²) in [6.07, 6.45) is 4.54. The predicted molar refractivity (Wildman–Crippen MR) is 108 cm³/mol. The second-order valence-corrected chi connectivity index (χ2v) is 7.35. The summed E-state index contributed by atoms with van der Waals surface area (Å²) in [7, 11) is 0. The lowest BCUT2D eigenvalue weighted by Crippen LogP contribution is -2.18. The van der Waals surface area contributed by atoms with Crippen LogP contribution in [0.3, 0.4) is 0 Å². The Hall–Kier alpha value is -3.03. The maximum atomic E-state index is 11.1. The van der Waals surface area contributed by atoms with Gasteiger partial charge in [-0.05, 0) is 24.1 Å². The molecular formula is C21H23N4O2S+. The average Bonchev–Trinajstić information content (AvgIpc) is 2.67. The van der Waals surface area contributed by atoms with E-state index in [1.54, 1.807) is 24.3 Å². The minimum Gasteiger partial charge on any atom is -0.427 e. The van der Waals surface area contributed by atoms with Gasteiger partial charge >= 0.3 is 5.97 Å². The molecule has 28 heavy (non-hydrogen) atoms. The largest absolute Gasteiger partial charge is 0.427 e. The number of aromatic nitrogens is 1. The van der Waals surface area contributed by atoms with Crippen molar-refractivity contribution in [3.63, 3.8) is 0 Å². The number of pyridine rings is 1. The Morgan fingerprint density at radius 3 is 2.39 bits per heavy atom. The van der Waals surface area contributed by atoms with Crippen molar-refractivity contribution < 1.29 is 14.5 Å². The van der Waals surface area contributed by atoms with E-state index in [4.69, 9.17) is 10.5 Å². The van der Waals surface area contributed by atoms with Crippen molar-refractivity contribution in [3.8, 4) is 29.0 Å². The summed E-state index contributed by atoms with van der Waals surface area (Å²) in [6, 6.07) is 11.0. The molecule has 0 radical (unpaired) electrons. The lowest BCUT2D eigenvalue weighted by atomic mass is 9.97.